The molecule has 0 aliphatic carbocycles. The standard InChI is InChI=1S/C12H14N4OS2/c1-2-13-12-15-14-10(19-12)11(17)16-5-3-9-8(7-16)4-6-18-9/h4,6H,2-3,5,7H2,1H3,(H,13,15). The van der Waals surface area contributed by atoms with Crippen LogP contribution in [0.1, 0.15) is 27.2 Å². The molecular formula is C12H14N4OS2. The molecule has 0 aromatic carbocycles. The van der Waals surface area contributed by atoms with Crippen LogP contribution >= 0.6 is 22.7 Å². The van der Waals surface area contributed by atoms with Crippen molar-refractivity contribution in [3.8, 4) is 0 Å². The van der Waals surface area contributed by atoms with E-state index >= 15 is 0 Å². The molecule has 0 fully saturated rings. The van der Waals surface area contributed by atoms with E-state index in [-0.39, 0.29) is 5.91 Å². The van der Waals surface area contributed by atoms with Gasteiger partial charge in [0.1, 0.15) is 0 Å². The van der Waals surface area contributed by atoms with E-state index in [1.165, 1.54) is 21.8 Å². The predicted octanol–water partition coefficient (Wildman–Crippen LogP) is 2.23. The van der Waals surface area contributed by atoms with Crippen LogP contribution in [-0.4, -0.2) is 34.1 Å². The van der Waals surface area contributed by atoms with Crippen molar-refractivity contribution in [1.82, 2.24) is 15.1 Å². The van der Waals surface area contributed by atoms with Crippen molar-refractivity contribution in [3.05, 3.63) is 26.9 Å². The maximum absolute atomic E-state index is 12.4. The molecule has 0 spiro atoms. The normalized spacial score (nSPS) is 14.3. The van der Waals surface area contributed by atoms with Crippen LogP contribution in [0, 0.1) is 0 Å². The Morgan fingerprint density at radius 2 is 2.42 bits per heavy atom. The minimum Gasteiger partial charge on any atom is -0.360 e. The summed E-state index contributed by atoms with van der Waals surface area (Å²) in [5.74, 6) is -0.0153. The third kappa shape index (κ3) is 2.48. The quantitative estimate of drug-likeness (QED) is 0.943. The molecule has 1 amide bonds. The lowest BCUT2D eigenvalue weighted by Crippen LogP contribution is -2.35. The number of nitrogens with one attached hydrogen (secondary N) is 1. The van der Waals surface area contributed by atoms with Crippen molar-refractivity contribution in [2.24, 2.45) is 0 Å². The average molecular weight is 294 g/mol. The van der Waals surface area contributed by atoms with Crippen LogP contribution in [-0.2, 0) is 13.0 Å². The molecule has 3 heterocycles. The van der Waals surface area contributed by atoms with E-state index in [0.29, 0.717) is 16.7 Å². The second kappa shape index (κ2) is 5.26. The van der Waals surface area contributed by atoms with Gasteiger partial charge in [-0.2, -0.15) is 0 Å². The van der Waals surface area contributed by atoms with Gasteiger partial charge in [-0.25, -0.2) is 0 Å². The van der Waals surface area contributed by atoms with Gasteiger partial charge in [0.2, 0.25) is 10.1 Å². The first kappa shape index (κ1) is 12.6. The maximum Gasteiger partial charge on any atom is 0.285 e. The lowest BCUT2D eigenvalue weighted by Gasteiger charge is -2.25. The maximum atomic E-state index is 12.4. The van der Waals surface area contributed by atoms with Crippen LogP contribution in [0.2, 0.25) is 0 Å². The van der Waals surface area contributed by atoms with Crippen LogP contribution < -0.4 is 5.32 Å². The van der Waals surface area contributed by atoms with E-state index in [4.69, 9.17) is 0 Å². The number of carbonyl (C=O) groups is 1. The largest absolute Gasteiger partial charge is 0.360 e. The van der Waals surface area contributed by atoms with Gasteiger partial charge in [-0.05, 0) is 30.4 Å². The van der Waals surface area contributed by atoms with E-state index in [2.05, 4.69) is 27.0 Å². The van der Waals surface area contributed by atoms with E-state index in [0.717, 1.165) is 19.5 Å². The van der Waals surface area contributed by atoms with Gasteiger partial charge < -0.3 is 10.2 Å². The van der Waals surface area contributed by atoms with Gasteiger partial charge in [-0.3, -0.25) is 4.79 Å². The van der Waals surface area contributed by atoms with Crippen molar-refractivity contribution in [3.63, 3.8) is 0 Å². The molecule has 0 unspecified atom stereocenters. The first-order valence-corrected chi connectivity index (χ1v) is 7.89. The second-order valence-electron chi connectivity index (χ2n) is 4.29. The minimum absolute atomic E-state index is 0.0153. The summed E-state index contributed by atoms with van der Waals surface area (Å²) in [6.45, 7) is 4.23. The zero-order chi connectivity index (χ0) is 13.2. The summed E-state index contributed by atoms with van der Waals surface area (Å²) in [6.07, 6.45) is 0.942. The summed E-state index contributed by atoms with van der Waals surface area (Å²) in [5, 5.41) is 14.3. The molecule has 3 rings (SSSR count). The number of anilines is 1. The van der Waals surface area contributed by atoms with Gasteiger partial charge in [0, 0.05) is 24.5 Å². The van der Waals surface area contributed by atoms with Gasteiger partial charge in [0.15, 0.2) is 0 Å². The summed E-state index contributed by atoms with van der Waals surface area (Å²) >= 11 is 3.09. The molecule has 19 heavy (non-hydrogen) atoms. The summed E-state index contributed by atoms with van der Waals surface area (Å²) in [4.78, 5) is 15.6. The van der Waals surface area contributed by atoms with Crippen LogP contribution in [0.5, 0.6) is 0 Å². The van der Waals surface area contributed by atoms with Crippen LogP contribution in [0.25, 0.3) is 0 Å². The third-order valence-electron chi connectivity index (χ3n) is 3.03. The summed E-state index contributed by atoms with van der Waals surface area (Å²) in [7, 11) is 0. The lowest BCUT2D eigenvalue weighted by atomic mass is 10.1. The Kier molecular flexibility index (Phi) is 3.48. The second-order valence-corrected chi connectivity index (χ2v) is 6.27. The Morgan fingerprint density at radius 3 is 3.26 bits per heavy atom. The van der Waals surface area contributed by atoms with E-state index in [1.807, 2.05) is 11.8 Å². The molecule has 2 aromatic rings. The number of carbonyl (C=O) groups excluding carboxylic acids is 1. The number of rotatable bonds is 3. The number of amides is 1. The molecule has 100 valence electrons. The molecule has 0 saturated carbocycles. The fourth-order valence-electron chi connectivity index (χ4n) is 2.09. The highest BCUT2D eigenvalue weighted by molar-refractivity contribution is 7.17. The van der Waals surface area contributed by atoms with Gasteiger partial charge in [0.25, 0.3) is 5.91 Å². The van der Waals surface area contributed by atoms with Gasteiger partial charge in [-0.1, -0.05) is 11.3 Å². The Labute approximate surface area is 119 Å². The first-order valence-electron chi connectivity index (χ1n) is 6.20. The molecule has 1 N–H and O–H groups in total. The molecule has 7 heteroatoms. The lowest BCUT2D eigenvalue weighted by molar-refractivity contribution is 0.0734. The first-order chi connectivity index (χ1) is 9.28. The zero-order valence-electron chi connectivity index (χ0n) is 10.5. The summed E-state index contributed by atoms with van der Waals surface area (Å²) in [5.41, 5.74) is 1.26. The van der Waals surface area contributed by atoms with Crippen molar-refractivity contribution in [1.29, 1.82) is 0 Å². The van der Waals surface area contributed by atoms with Gasteiger partial charge in [-0.15, -0.1) is 21.5 Å². The number of aromatic nitrogens is 2. The SMILES string of the molecule is CCNc1nnc(C(=O)N2CCc3sccc3C2)s1. The molecule has 0 radical (unpaired) electrons. The number of hydrogen-bond acceptors (Lipinski definition) is 6. The smallest absolute Gasteiger partial charge is 0.285 e. The van der Waals surface area contributed by atoms with Crippen LogP contribution in [0.4, 0.5) is 5.13 Å². The topological polar surface area (TPSA) is 58.1 Å². The van der Waals surface area contributed by atoms with Crippen LogP contribution in [0.15, 0.2) is 11.4 Å². The Bertz CT molecular complexity index is 592. The summed E-state index contributed by atoms with van der Waals surface area (Å²) in [6, 6.07) is 2.10. The highest BCUT2D eigenvalue weighted by Gasteiger charge is 2.25. The number of hydrogen-bond donors (Lipinski definition) is 1. The molecule has 0 atom stereocenters. The van der Waals surface area contributed by atoms with Crippen molar-refractivity contribution < 1.29 is 4.79 Å². The molecule has 1 aliphatic heterocycles. The Morgan fingerprint density at radius 1 is 1.53 bits per heavy atom. The molecule has 5 nitrogen and oxygen atoms in total. The molecular weight excluding hydrogens is 280 g/mol. The number of thiophene rings is 1. The predicted molar refractivity (Wildman–Crippen MR) is 76.8 cm³/mol. The average Bonchev–Trinajstić information content (AvgIpc) is 3.05. The fraction of sp³-hybridized carbons (Fsp3) is 0.417. The zero-order valence-corrected chi connectivity index (χ0v) is 12.2. The van der Waals surface area contributed by atoms with E-state index in [9.17, 15) is 4.79 Å². The van der Waals surface area contributed by atoms with Gasteiger partial charge in [0.05, 0.1) is 0 Å². The monoisotopic (exact) mass is 294 g/mol. The fourth-order valence-corrected chi connectivity index (χ4v) is 3.76. The highest BCUT2D eigenvalue weighted by Crippen LogP contribution is 2.26. The van der Waals surface area contributed by atoms with E-state index in [1.54, 1.807) is 11.3 Å². The highest BCUT2D eigenvalue weighted by atomic mass is 32.1. The van der Waals surface area contributed by atoms with Crippen LogP contribution in [0.3, 0.4) is 0 Å². The van der Waals surface area contributed by atoms with E-state index < -0.39 is 0 Å². The van der Waals surface area contributed by atoms with Crippen molar-refractivity contribution >= 4 is 33.7 Å². The molecule has 0 saturated heterocycles. The molecule has 2 aromatic heterocycles. The molecule has 1 aliphatic rings. The third-order valence-corrected chi connectivity index (χ3v) is 4.92. The Hall–Kier alpha value is -1.47. The molecule has 0 bridgehead atoms. The number of nitrogens with zero attached hydrogens (tertiary/aromatic N) is 3. The Balaban J connectivity index is 1.74. The van der Waals surface area contributed by atoms with Crippen molar-refractivity contribution in [2.75, 3.05) is 18.4 Å². The van der Waals surface area contributed by atoms with Gasteiger partial charge >= 0.3 is 0 Å². The van der Waals surface area contributed by atoms with Crippen molar-refractivity contribution in [2.45, 2.75) is 19.9 Å². The number of fused-ring (bicyclic) bond motifs is 1. The minimum atomic E-state index is -0.0153. The summed E-state index contributed by atoms with van der Waals surface area (Å²) < 4.78 is 0.